The molecule has 0 aromatic heterocycles. The smallest absolute Gasteiger partial charge is 0.325 e. The van der Waals surface area contributed by atoms with Crippen molar-refractivity contribution < 1.29 is 9.90 Å². The molecule has 1 atom stereocenters. The highest BCUT2D eigenvalue weighted by molar-refractivity contribution is 14.1. The second-order valence-corrected chi connectivity index (χ2v) is 3.94. The Balaban J connectivity index is 3.15. The highest BCUT2D eigenvalue weighted by Gasteiger charge is 2.17. The molecular weight excluding hydrogens is 304 g/mol. The summed E-state index contributed by atoms with van der Waals surface area (Å²) in [6, 6.07) is 4.03. The van der Waals surface area contributed by atoms with Crippen LogP contribution in [0.2, 0.25) is 5.02 Å². The molecule has 5 heteroatoms. The second kappa shape index (κ2) is 4.26. The molecule has 0 bridgehead atoms. The van der Waals surface area contributed by atoms with Crippen molar-refractivity contribution >= 4 is 40.2 Å². The molecule has 1 aromatic rings. The van der Waals surface area contributed by atoms with Crippen LogP contribution in [0.25, 0.3) is 0 Å². The number of benzene rings is 1. The van der Waals surface area contributed by atoms with E-state index in [2.05, 4.69) is 0 Å². The van der Waals surface area contributed by atoms with Crippen LogP contribution in [0, 0.1) is 3.57 Å². The Labute approximate surface area is 94.0 Å². The number of rotatable bonds is 2. The molecule has 1 rings (SSSR count). The molecule has 0 radical (unpaired) electrons. The summed E-state index contributed by atoms with van der Waals surface area (Å²) in [6.45, 7) is 0. The summed E-state index contributed by atoms with van der Waals surface area (Å²) in [5.74, 6) is -1.06. The molecule has 0 saturated heterocycles. The van der Waals surface area contributed by atoms with Crippen molar-refractivity contribution in [3.8, 4) is 0 Å². The molecule has 13 heavy (non-hydrogen) atoms. The second-order valence-electron chi connectivity index (χ2n) is 2.46. The molecular formula is C8H7ClINO2. The van der Waals surface area contributed by atoms with Gasteiger partial charge in [-0.05, 0) is 34.2 Å². The third kappa shape index (κ3) is 2.32. The van der Waals surface area contributed by atoms with Gasteiger partial charge >= 0.3 is 5.97 Å². The fraction of sp³-hybridized carbons (Fsp3) is 0.125. The van der Waals surface area contributed by atoms with Crippen molar-refractivity contribution in [2.45, 2.75) is 6.04 Å². The quantitative estimate of drug-likeness (QED) is 0.822. The summed E-state index contributed by atoms with van der Waals surface area (Å²) in [5.41, 5.74) is 5.99. The van der Waals surface area contributed by atoms with E-state index in [1.165, 1.54) is 0 Å². The van der Waals surface area contributed by atoms with Crippen LogP contribution >= 0.6 is 34.2 Å². The molecule has 0 aliphatic rings. The maximum absolute atomic E-state index is 10.6. The van der Waals surface area contributed by atoms with E-state index in [9.17, 15) is 4.79 Å². The first kappa shape index (κ1) is 10.7. The average Bonchev–Trinajstić information content (AvgIpc) is 2.08. The Kier molecular flexibility index (Phi) is 3.52. The van der Waals surface area contributed by atoms with Crippen LogP contribution in [0.4, 0.5) is 0 Å². The van der Waals surface area contributed by atoms with Gasteiger partial charge in [0.1, 0.15) is 6.04 Å². The van der Waals surface area contributed by atoms with Crippen molar-refractivity contribution in [1.29, 1.82) is 0 Å². The van der Waals surface area contributed by atoms with Crippen LogP contribution in [0.5, 0.6) is 0 Å². The predicted molar refractivity (Wildman–Crippen MR) is 58.7 cm³/mol. The topological polar surface area (TPSA) is 63.3 Å². The van der Waals surface area contributed by atoms with E-state index in [1.54, 1.807) is 18.2 Å². The number of carboxylic acids is 1. The van der Waals surface area contributed by atoms with Gasteiger partial charge in [0.15, 0.2) is 0 Å². The molecule has 0 aliphatic carbocycles. The van der Waals surface area contributed by atoms with Gasteiger partial charge in [-0.2, -0.15) is 0 Å². The van der Waals surface area contributed by atoms with Gasteiger partial charge in [0.2, 0.25) is 0 Å². The molecule has 0 unspecified atom stereocenters. The van der Waals surface area contributed by atoms with Crippen LogP contribution in [0.1, 0.15) is 11.6 Å². The van der Waals surface area contributed by atoms with Gasteiger partial charge in [-0.15, -0.1) is 0 Å². The molecule has 0 fully saturated rings. The normalized spacial score (nSPS) is 12.5. The summed E-state index contributed by atoms with van der Waals surface area (Å²) in [5, 5.41) is 9.20. The van der Waals surface area contributed by atoms with Gasteiger partial charge in [0.25, 0.3) is 0 Å². The minimum absolute atomic E-state index is 0.523. The number of hydrogen-bond donors (Lipinski definition) is 2. The maximum Gasteiger partial charge on any atom is 0.325 e. The fourth-order valence-corrected chi connectivity index (χ4v) is 1.77. The molecule has 0 amide bonds. The van der Waals surface area contributed by atoms with Crippen molar-refractivity contribution in [3.63, 3.8) is 0 Å². The number of carboxylic acid groups (broad SMARTS) is 1. The van der Waals surface area contributed by atoms with Crippen LogP contribution in [-0.4, -0.2) is 11.1 Å². The fourth-order valence-electron chi connectivity index (χ4n) is 0.894. The Morgan fingerprint density at radius 1 is 1.62 bits per heavy atom. The first-order chi connectivity index (χ1) is 6.04. The number of hydrogen-bond acceptors (Lipinski definition) is 2. The molecule has 3 N–H and O–H groups in total. The first-order valence-corrected chi connectivity index (χ1v) is 4.92. The lowest BCUT2D eigenvalue weighted by Gasteiger charge is -2.09. The highest BCUT2D eigenvalue weighted by atomic mass is 127. The molecule has 0 saturated carbocycles. The van der Waals surface area contributed by atoms with E-state index in [0.29, 0.717) is 14.2 Å². The Morgan fingerprint density at radius 2 is 2.23 bits per heavy atom. The summed E-state index contributed by atoms with van der Waals surface area (Å²) < 4.78 is 0.691. The lowest BCUT2D eigenvalue weighted by Crippen LogP contribution is -2.21. The van der Waals surface area contributed by atoms with E-state index >= 15 is 0 Å². The number of halogens is 2. The van der Waals surface area contributed by atoms with Crippen molar-refractivity contribution in [2.75, 3.05) is 0 Å². The van der Waals surface area contributed by atoms with E-state index in [4.69, 9.17) is 22.4 Å². The van der Waals surface area contributed by atoms with Gasteiger partial charge in [-0.1, -0.05) is 23.7 Å². The Bertz CT molecular complexity index is 343. The van der Waals surface area contributed by atoms with E-state index in [-0.39, 0.29) is 0 Å². The largest absolute Gasteiger partial charge is 0.480 e. The monoisotopic (exact) mass is 311 g/mol. The highest BCUT2D eigenvalue weighted by Crippen LogP contribution is 2.25. The molecule has 3 nitrogen and oxygen atoms in total. The van der Waals surface area contributed by atoms with Gasteiger partial charge < -0.3 is 10.8 Å². The van der Waals surface area contributed by atoms with Gasteiger partial charge in [-0.25, -0.2) is 0 Å². The van der Waals surface area contributed by atoms with Crippen LogP contribution < -0.4 is 5.73 Å². The molecule has 0 aliphatic heterocycles. The van der Waals surface area contributed by atoms with Gasteiger partial charge in [-0.3, -0.25) is 4.79 Å². The lowest BCUT2D eigenvalue weighted by molar-refractivity contribution is -0.138. The van der Waals surface area contributed by atoms with Crippen LogP contribution in [0.3, 0.4) is 0 Å². The molecule has 1 aromatic carbocycles. The third-order valence-electron chi connectivity index (χ3n) is 1.58. The van der Waals surface area contributed by atoms with Gasteiger partial charge in [0, 0.05) is 3.57 Å². The van der Waals surface area contributed by atoms with Crippen LogP contribution in [-0.2, 0) is 4.79 Å². The van der Waals surface area contributed by atoms with Crippen molar-refractivity contribution in [2.24, 2.45) is 5.73 Å². The number of carbonyl (C=O) groups is 1. The minimum atomic E-state index is -1.06. The molecule has 0 spiro atoms. The maximum atomic E-state index is 10.6. The minimum Gasteiger partial charge on any atom is -0.480 e. The summed E-state index contributed by atoms with van der Waals surface area (Å²) in [7, 11) is 0. The third-order valence-corrected chi connectivity index (χ3v) is 3.42. The summed E-state index contributed by atoms with van der Waals surface area (Å²) in [6.07, 6.45) is 0. The van der Waals surface area contributed by atoms with Crippen LogP contribution in [0.15, 0.2) is 18.2 Å². The molecule has 70 valence electrons. The zero-order chi connectivity index (χ0) is 10.0. The SMILES string of the molecule is N[C@H](C(=O)O)c1cccc(Cl)c1I. The summed E-state index contributed by atoms with van der Waals surface area (Å²) in [4.78, 5) is 10.6. The lowest BCUT2D eigenvalue weighted by atomic mass is 10.1. The average molecular weight is 312 g/mol. The summed E-state index contributed by atoms with van der Waals surface area (Å²) >= 11 is 7.78. The van der Waals surface area contributed by atoms with E-state index < -0.39 is 12.0 Å². The first-order valence-electron chi connectivity index (χ1n) is 3.46. The molecule has 0 heterocycles. The number of nitrogens with two attached hydrogens (primary N) is 1. The van der Waals surface area contributed by atoms with Crippen molar-refractivity contribution in [3.05, 3.63) is 32.4 Å². The standard InChI is InChI=1S/C8H7ClINO2/c9-5-3-1-2-4(6(5)10)7(11)8(12)13/h1-3,7H,11H2,(H,12,13)/t7-/m0/s1. The Hall–Kier alpha value is -0.330. The van der Waals surface area contributed by atoms with Crippen molar-refractivity contribution in [1.82, 2.24) is 0 Å². The Morgan fingerprint density at radius 3 is 2.77 bits per heavy atom. The zero-order valence-electron chi connectivity index (χ0n) is 6.50. The zero-order valence-corrected chi connectivity index (χ0v) is 9.41. The van der Waals surface area contributed by atoms with E-state index in [0.717, 1.165) is 0 Å². The van der Waals surface area contributed by atoms with E-state index in [1.807, 2.05) is 22.6 Å². The predicted octanol–water partition coefficient (Wildman–Crippen LogP) is 2.03. The number of aliphatic carboxylic acids is 1. The van der Waals surface area contributed by atoms with Gasteiger partial charge in [0.05, 0.1) is 5.02 Å².